The number of aromatic nitrogens is 4. The lowest BCUT2D eigenvalue weighted by Gasteiger charge is -2.28. The molecule has 6 atom stereocenters. The van der Waals surface area contributed by atoms with Crippen LogP contribution in [0.5, 0.6) is 0 Å². The second-order valence-corrected chi connectivity index (χ2v) is 21.4. The van der Waals surface area contributed by atoms with Crippen LogP contribution in [0.15, 0.2) is 95.1 Å². The number of imidazole rings is 2. The molecule has 384 valence electrons. The molecule has 2 aliphatic heterocycles. The lowest BCUT2D eigenvalue weighted by atomic mass is 9.85. The molecule has 0 bridgehead atoms. The normalized spacial score (nSPS) is 23.1. The molecule has 0 unspecified atom stereocenters. The van der Waals surface area contributed by atoms with Gasteiger partial charge < -0.3 is 39.9 Å². The van der Waals surface area contributed by atoms with E-state index >= 15 is 0 Å². The summed E-state index contributed by atoms with van der Waals surface area (Å²) in [6.45, 7) is 13.9. The number of hydrogen-bond donors (Lipinski definition) is 4. The van der Waals surface area contributed by atoms with E-state index in [-0.39, 0.29) is 11.8 Å². The van der Waals surface area contributed by atoms with Crippen LogP contribution in [0.3, 0.4) is 0 Å². The van der Waals surface area contributed by atoms with Crippen LogP contribution in [0.2, 0.25) is 0 Å². The minimum absolute atomic E-state index is 0.163. The second kappa shape index (κ2) is 24.6. The van der Waals surface area contributed by atoms with E-state index in [1.807, 2.05) is 26.4 Å². The van der Waals surface area contributed by atoms with Gasteiger partial charge in [0.2, 0.25) is 11.8 Å². The van der Waals surface area contributed by atoms with Crippen molar-refractivity contribution >= 4 is 80.7 Å². The Morgan fingerprint density at radius 1 is 0.792 bits per heavy atom. The monoisotopic (exact) mass is 1020 g/mol. The average Bonchev–Trinajstić information content (AvgIpc) is 4.19. The van der Waals surface area contributed by atoms with Gasteiger partial charge in [-0.05, 0) is 154 Å². The Balaban J connectivity index is 1.13. The van der Waals surface area contributed by atoms with Gasteiger partial charge in [-0.25, -0.2) is 19.6 Å². The van der Waals surface area contributed by atoms with Crippen molar-refractivity contribution < 1.29 is 28.7 Å². The number of nitrogens with zero attached hydrogens (tertiary/aromatic N) is 4. The third kappa shape index (κ3) is 12.8. The molecule has 3 aliphatic rings. The van der Waals surface area contributed by atoms with Gasteiger partial charge in [0, 0.05) is 13.1 Å². The molecule has 4 aromatic rings. The highest BCUT2D eigenvalue weighted by Crippen LogP contribution is 2.37. The summed E-state index contributed by atoms with van der Waals surface area (Å²) < 4.78 is 9.72. The number of alkyl carbamates (subject to hydrolysis) is 2. The summed E-state index contributed by atoms with van der Waals surface area (Å²) >= 11 is 3.25. The van der Waals surface area contributed by atoms with Crippen molar-refractivity contribution in [1.29, 1.82) is 0 Å². The third-order valence-corrected chi connectivity index (χ3v) is 15.4. The first-order valence-corrected chi connectivity index (χ1v) is 27.8. The van der Waals surface area contributed by atoms with Crippen molar-refractivity contribution in [3.05, 3.63) is 118 Å². The number of benzene rings is 2. The van der Waals surface area contributed by atoms with Crippen LogP contribution in [-0.2, 0) is 19.1 Å². The number of carbonyl (C=O) groups excluding carboxylic acids is 4. The van der Waals surface area contributed by atoms with Gasteiger partial charge in [0.05, 0.1) is 36.3 Å². The zero-order valence-electron chi connectivity index (χ0n) is 43.5. The van der Waals surface area contributed by atoms with E-state index in [2.05, 4.69) is 121 Å². The maximum atomic E-state index is 14.0. The number of rotatable bonds is 14. The van der Waals surface area contributed by atoms with E-state index in [4.69, 9.17) is 19.4 Å². The second-order valence-electron chi connectivity index (χ2n) is 19.4. The number of ether oxygens (including phenoxy) is 2. The van der Waals surface area contributed by atoms with E-state index in [9.17, 15) is 19.2 Å². The van der Waals surface area contributed by atoms with Gasteiger partial charge in [-0.15, -0.1) is 0 Å². The maximum Gasteiger partial charge on any atom is 0.407 e. The Kier molecular flexibility index (Phi) is 18.4. The summed E-state index contributed by atoms with van der Waals surface area (Å²) in [7, 11) is 2.61. The summed E-state index contributed by atoms with van der Waals surface area (Å²) in [6.07, 6.45) is 20.9. The van der Waals surface area contributed by atoms with Crippen molar-refractivity contribution in [1.82, 2.24) is 40.4 Å². The number of H-pyrrole nitrogens is 2. The summed E-state index contributed by atoms with van der Waals surface area (Å²) in [6, 6.07) is 10.6. The van der Waals surface area contributed by atoms with Crippen LogP contribution in [0, 0.1) is 11.8 Å². The number of thioether (sulfide) groups is 2. The summed E-state index contributed by atoms with van der Waals surface area (Å²) in [5.74, 6) is 3.12. The predicted molar refractivity (Wildman–Crippen MR) is 294 cm³/mol. The van der Waals surface area contributed by atoms with Crippen molar-refractivity contribution in [2.24, 2.45) is 11.8 Å². The van der Waals surface area contributed by atoms with Crippen LogP contribution in [0.4, 0.5) is 9.59 Å². The van der Waals surface area contributed by atoms with E-state index in [1.165, 1.54) is 36.5 Å². The van der Waals surface area contributed by atoms with Crippen LogP contribution in [0.25, 0.3) is 33.2 Å². The molecule has 4 amide bonds. The predicted octanol–water partition coefficient (Wildman–Crippen LogP) is 11.3. The van der Waals surface area contributed by atoms with E-state index in [1.54, 1.807) is 33.3 Å². The molecule has 2 aromatic heterocycles. The quantitative estimate of drug-likeness (QED) is 0.0890. The van der Waals surface area contributed by atoms with Crippen molar-refractivity contribution in [2.45, 2.75) is 104 Å². The van der Waals surface area contributed by atoms with Gasteiger partial charge in [0.25, 0.3) is 0 Å². The molecule has 2 aromatic carbocycles. The minimum Gasteiger partial charge on any atom is -0.453 e. The van der Waals surface area contributed by atoms with Crippen LogP contribution in [0.1, 0.15) is 115 Å². The number of aromatic amines is 2. The minimum atomic E-state index is -0.711. The first-order valence-electron chi connectivity index (χ1n) is 25.0. The Morgan fingerprint density at radius 2 is 1.33 bits per heavy atom. The zero-order chi connectivity index (χ0) is 51.6. The molecule has 0 saturated carbocycles. The van der Waals surface area contributed by atoms with Gasteiger partial charge in [0.1, 0.15) is 35.8 Å². The number of nitrogens with one attached hydrogen (secondary N) is 4. The number of hydrogen-bond acceptors (Lipinski definition) is 10. The van der Waals surface area contributed by atoms with E-state index < -0.39 is 36.4 Å². The number of methoxy groups -OCH3 is 2. The Labute approximate surface area is 433 Å². The first-order chi connectivity index (χ1) is 34.6. The Hall–Kier alpha value is -6.00. The molecule has 7 rings (SSSR count). The lowest BCUT2D eigenvalue weighted by Crippen LogP contribution is -2.49. The van der Waals surface area contributed by atoms with Gasteiger partial charge in [-0.1, -0.05) is 79.2 Å². The van der Waals surface area contributed by atoms with E-state index in [0.717, 1.165) is 70.0 Å². The van der Waals surface area contributed by atoms with Crippen LogP contribution < -0.4 is 10.6 Å². The average molecular weight is 1020 g/mol. The highest BCUT2D eigenvalue weighted by Gasteiger charge is 2.37. The fraction of sp³-hybridized carbons (Fsp3) is 0.464. The largest absolute Gasteiger partial charge is 0.453 e. The molecule has 4 N–H and O–H groups in total. The zero-order valence-corrected chi connectivity index (χ0v) is 45.2. The summed E-state index contributed by atoms with van der Waals surface area (Å²) in [5, 5.41) is 5.51. The molecular formula is C56H72N8O6S2. The molecule has 72 heavy (non-hydrogen) atoms. The molecule has 0 radical (unpaired) electrons. The SMILES string of the molecule is C/C=C1\C=C(\c2ccc3nc([C@@H]4C=C(C)CN4C(=O)[C@H](CCSC)NC(=O)OC)[nH]c3c2)[C@H](C)CC[C@@H](C)/C=C\C(=C(/C)c2ccc3nc([C@@H]4C=C(C)CN4C(=O)[C@H](CCSC)NC(=O)OC)[nH]c3c2)CC1. The fourth-order valence-electron chi connectivity index (χ4n) is 9.90. The maximum absolute atomic E-state index is 14.0. The molecule has 0 spiro atoms. The molecule has 1 aliphatic carbocycles. The van der Waals surface area contributed by atoms with Crippen molar-refractivity contribution in [3.63, 3.8) is 0 Å². The molecule has 16 heteroatoms. The van der Waals surface area contributed by atoms with Gasteiger partial charge in [-0.2, -0.15) is 23.5 Å². The van der Waals surface area contributed by atoms with E-state index in [0.29, 0.717) is 60.9 Å². The molecule has 14 nitrogen and oxygen atoms in total. The number of fused-ring (bicyclic) bond motifs is 2. The molecule has 0 fully saturated rings. The van der Waals surface area contributed by atoms with Gasteiger partial charge >= 0.3 is 12.2 Å². The highest BCUT2D eigenvalue weighted by atomic mass is 32.2. The third-order valence-electron chi connectivity index (χ3n) is 14.1. The summed E-state index contributed by atoms with van der Waals surface area (Å²) in [5.41, 5.74) is 12.8. The molecule has 0 saturated heterocycles. The smallest absolute Gasteiger partial charge is 0.407 e. The molecular weight excluding hydrogens is 945 g/mol. The number of amides is 4. The Morgan fingerprint density at radius 3 is 1.86 bits per heavy atom. The summed E-state index contributed by atoms with van der Waals surface area (Å²) in [4.78, 5) is 73.3. The fourth-order valence-corrected chi connectivity index (χ4v) is 10.8. The Bertz CT molecular complexity index is 2840. The topological polar surface area (TPSA) is 175 Å². The van der Waals surface area contributed by atoms with Gasteiger partial charge in [-0.3, -0.25) is 9.59 Å². The number of allylic oxidation sites excluding steroid dienone is 8. The standard InChI is InChI=1S/C56H72N8O6S2/c1-11-38-15-17-39(37(6)40-18-20-43-47(29-40)59-51(57-43)49-26-34(3)31-63(49)53(65)45(22-24-71-9)61-55(67)69-7)16-13-33(2)12-14-36(5)42(28-38)41-19-21-44-48(30-41)60-52(58-44)50-27-35(4)32-64(50)54(66)46(23-25-72-10)62-56(68)70-8/h11,13,16,18-21,26-30,33,36,45-46,49-50H,12,14-15,17,22-25,31-32H2,1-10H3,(H,57,59)(H,58,60)(H,61,67)(H,62,68)/b16-13-,38-11-,39-37-,42-28+/t33-,36-,45+,46+,49+,50+/m1/s1. The molecule has 4 heterocycles. The van der Waals surface area contributed by atoms with Crippen molar-refractivity contribution in [3.8, 4) is 0 Å². The van der Waals surface area contributed by atoms with Crippen molar-refractivity contribution in [2.75, 3.05) is 51.3 Å². The van der Waals surface area contributed by atoms with Crippen LogP contribution in [-0.4, -0.2) is 117 Å². The van der Waals surface area contributed by atoms with Crippen LogP contribution >= 0.6 is 23.5 Å². The highest BCUT2D eigenvalue weighted by molar-refractivity contribution is 7.98. The number of carbonyl (C=O) groups is 4. The first kappa shape index (κ1) is 53.8. The van der Waals surface area contributed by atoms with Gasteiger partial charge in [0.15, 0.2) is 0 Å². The lowest BCUT2D eigenvalue weighted by molar-refractivity contribution is -0.134.